The minimum absolute atomic E-state index is 0.718. The molecule has 0 radical (unpaired) electrons. The van der Waals surface area contributed by atoms with Crippen molar-refractivity contribution in [2.24, 2.45) is 11.7 Å². The van der Waals surface area contributed by atoms with Gasteiger partial charge in [-0.2, -0.15) is 0 Å². The molecule has 2 heteroatoms. The Morgan fingerprint density at radius 3 is 2.55 bits per heavy atom. The van der Waals surface area contributed by atoms with Crippen LogP contribution in [0.2, 0.25) is 0 Å². The fourth-order valence-electron chi connectivity index (χ4n) is 1.30. The number of ether oxygens (including phenoxy) is 1. The third-order valence-electron chi connectivity index (χ3n) is 1.99. The number of hydrogen-bond acceptors (Lipinski definition) is 2. The second kappa shape index (κ2) is 8.02. The molecule has 0 heterocycles. The van der Waals surface area contributed by atoms with E-state index in [1.54, 1.807) is 7.11 Å². The Morgan fingerprint density at radius 1 is 1.36 bits per heavy atom. The van der Waals surface area contributed by atoms with Gasteiger partial charge in [-0.25, -0.2) is 0 Å². The fourth-order valence-corrected chi connectivity index (χ4v) is 1.30. The Balaban J connectivity index is 3.20. The maximum atomic E-state index is 5.60. The molecular formula is C9H21NO. The van der Waals surface area contributed by atoms with E-state index in [9.17, 15) is 0 Å². The van der Waals surface area contributed by atoms with Crippen molar-refractivity contribution in [1.82, 2.24) is 0 Å². The van der Waals surface area contributed by atoms with Crippen molar-refractivity contribution in [2.75, 3.05) is 20.3 Å². The zero-order chi connectivity index (χ0) is 8.53. The van der Waals surface area contributed by atoms with Crippen LogP contribution in [0, 0.1) is 5.92 Å². The third-order valence-corrected chi connectivity index (χ3v) is 1.99. The van der Waals surface area contributed by atoms with Crippen molar-refractivity contribution < 1.29 is 4.74 Å². The van der Waals surface area contributed by atoms with Crippen molar-refractivity contribution in [3.8, 4) is 0 Å². The SMILES string of the molecule is CCCC(CN)CCCOC. The third kappa shape index (κ3) is 6.32. The molecule has 68 valence electrons. The zero-order valence-corrected chi connectivity index (χ0v) is 7.81. The predicted octanol–water partition coefficient (Wildman–Crippen LogP) is 1.79. The highest BCUT2D eigenvalue weighted by molar-refractivity contribution is 4.58. The Morgan fingerprint density at radius 2 is 2.09 bits per heavy atom. The van der Waals surface area contributed by atoms with Gasteiger partial charge in [0, 0.05) is 13.7 Å². The fraction of sp³-hybridized carbons (Fsp3) is 1.00. The van der Waals surface area contributed by atoms with E-state index in [1.807, 2.05) is 0 Å². The first kappa shape index (κ1) is 10.9. The second-order valence-electron chi connectivity index (χ2n) is 3.03. The minimum atomic E-state index is 0.718. The zero-order valence-electron chi connectivity index (χ0n) is 7.81. The van der Waals surface area contributed by atoms with Gasteiger partial charge in [-0.15, -0.1) is 0 Å². The largest absolute Gasteiger partial charge is 0.385 e. The van der Waals surface area contributed by atoms with Gasteiger partial charge in [-0.3, -0.25) is 0 Å². The molecule has 2 N–H and O–H groups in total. The van der Waals surface area contributed by atoms with Gasteiger partial charge in [0.05, 0.1) is 0 Å². The standard InChI is InChI=1S/C9H21NO/c1-3-5-9(8-10)6-4-7-11-2/h9H,3-8,10H2,1-2H3. The van der Waals surface area contributed by atoms with Crippen molar-refractivity contribution in [3.63, 3.8) is 0 Å². The molecule has 0 aliphatic rings. The van der Waals surface area contributed by atoms with Crippen molar-refractivity contribution in [2.45, 2.75) is 32.6 Å². The molecule has 1 unspecified atom stereocenters. The van der Waals surface area contributed by atoms with Crippen LogP contribution in [0.1, 0.15) is 32.6 Å². The molecule has 0 spiro atoms. The summed E-state index contributed by atoms with van der Waals surface area (Å²) >= 11 is 0. The van der Waals surface area contributed by atoms with Crippen molar-refractivity contribution in [1.29, 1.82) is 0 Å². The molecule has 1 atom stereocenters. The summed E-state index contributed by atoms with van der Waals surface area (Å²) in [6.07, 6.45) is 4.88. The number of hydrogen-bond donors (Lipinski definition) is 1. The number of rotatable bonds is 7. The first-order valence-corrected chi connectivity index (χ1v) is 4.54. The summed E-state index contributed by atoms with van der Waals surface area (Å²) in [5, 5.41) is 0. The molecule has 0 aromatic heterocycles. The van der Waals surface area contributed by atoms with Crippen LogP contribution >= 0.6 is 0 Å². The highest BCUT2D eigenvalue weighted by Crippen LogP contribution is 2.11. The molecule has 0 fully saturated rings. The van der Waals surface area contributed by atoms with Crippen LogP contribution in [0.3, 0.4) is 0 Å². The van der Waals surface area contributed by atoms with Gasteiger partial charge in [0.1, 0.15) is 0 Å². The summed E-state index contributed by atoms with van der Waals surface area (Å²) in [7, 11) is 1.75. The smallest absolute Gasteiger partial charge is 0.0462 e. The average molecular weight is 159 g/mol. The van der Waals surface area contributed by atoms with E-state index >= 15 is 0 Å². The van der Waals surface area contributed by atoms with Gasteiger partial charge in [0.2, 0.25) is 0 Å². The summed E-state index contributed by atoms with van der Waals surface area (Å²) in [5.41, 5.74) is 5.60. The van der Waals surface area contributed by atoms with E-state index in [-0.39, 0.29) is 0 Å². The van der Waals surface area contributed by atoms with Crippen molar-refractivity contribution >= 4 is 0 Å². The molecule has 0 bridgehead atoms. The van der Waals surface area contributed by atoms with E-state index in [2.05, 4.69) is 6.92 Å². The van der Waals surface area contributed by atoms with E-state index in [4.69, 9.17) is 10.5 Å². The molecular weight excluding hydrogens is 138 g/mol. The van der Waals surface area contributed by atoms with Gasteiger partial charge >= 0.3 is 0 Å². The topological polar surface area (TPSA) is 35.2 Å². The molecule has 0 amide bonds. The molecule has 0 aliphatic carbocycles. The van der Waals surface area contributed by atoms with Crippen LogP contribution in [0.25, 0.3) is 0 Å². The maximum Gasteiger partial charge on any atom is 0.0462 e. The lowest BCUT2D eigenvalue weighted by Gasteiger charge is -2.12. The van der Waals surface area contributed by atoms with Crippen molar-refractivity contribution in [3.05, 3.63) is 0 Å². The maximum absolute atomic E-state index is 5.60. The van der Waals surface area contributed by atoms with Gasteiger partial charge < -0.3 is 10.5 Å². The van der Waals surface area contributed by atoms with Crippen LogP contribution in [0.5, 0.6) is 0 Å². The summed E-state index contributed by atoms with van der Waals surface area (Å²) in [4.78, 5) is 0. The highest BCUT2D eigenvalue weighted by Gasteiger charge is 2.03. The van der Waals surface area contributed by atoms with Crippen LogP contribution in [-0.4, -0.2) is 20.3 Å². The molecule has 2 nitrogen and oxygen atoms in total. The molecule has 0 aromatic carbocycles. The van der Waals surface area contributed by atoms with Gasteiger partial charge in [-0.05, 0) is 31.7 Å². The summed E-state index contributed by atoms with van der Waals surface area (Å²) in [6, 6.07) is 0. The molecule has 0 saturated carbocycles. The van der Waals surface area contributed by atoms with Crippen LogP contribution in [0.15, 0.2) is 0 Å². The van der Waals surface area contributed by atoms with E-state index in [1.165, 1.54) is 19.3 Å². The quantitative estimate of drug-likeness (QED) is 0.575. The summed E-state index contributed by atoms with van der Waals surface area (Å²) in [6.45, 7) is 3.91. The normalized spacial score (nSPS) is 13.4. The van der Waals surface area contributed by atoms with Gasteiger partial charge in [0.25, 0.3) is 0 Å². The Bertz CT molecular complexity index is 76.0. The van der Waals surface area contributed by atoms with E-state index < -0.39 is 0 Å². The second-order valence-corrected chi connectivity index (χ2v) is 3.03. The Kier molecular flexibility index (Phi) is 7.96. The Hall–Kier alpha value is -0.0800. The minimum Gasteiger partial charge on any atom is -0.385 e. The molecule has 0 aromatic rings. The monoisotopic (exact) mass is 159 g/mol. The number of methoxy groups -OCH3 is 1. The molecule has 0 saturated heterocycles. The Labute approximate surface area is 70.1 Å². The number of nitrogens with two attached hydrogens (primary N) is 1. The lowest BCUT2D eigenvalue weighted by atomic mass is 9.98. The average Bonchev–Trinajstić information content (AvgIpc) is 2.03. The van der Waals surface area contributed by atoms with E-state index in [0.29, 0.717) is 0 Å². The molecule has 0 rings (SSSR count). The predicted molar refractivity (Wildman–Crippen MR) is 48.6 cm³/mol. The lowest BCUT2D eigenvalue weighted by molar-refractivity contribution is 0.186. The molecule has 11 heavy (non-hydrogen) atoms. The summed E-state index contributed by atoms with van der Waals surface area (Å²) in [5.74, 6) is 0.718. The van der Waals surface area contributed by atoms with E-state index in [0.717, 1.165) is 25.5 Å². The van der Waals surface area contributed by atoms with Gasteiger partial charge in [-0.1, -0.05) is 13.3 Å². The van der Waals surface area contributed by atoms with Crippen LogP contribution in [-0.2, 0) is 4.74 Å². The first-order valence-electron chi connectivity index (χ1n) is 4.54. The highest BCUT2D eigenvalue weighted by atomic mass is 16.5. The summed E-state index contributed by atoms with van der Waals surface area (Å²) < 4.78 is 4.97. The van der Waals surface area contributed by atoms with Crippen LogP contribution in [0.4, 0.5) is 0 Å². The first-order chi connectivity index (χ1) is 5.35. The van der Waals surface area contributed by atoms with Crippen LogP contribution < -0.4 is 5.73 Å². The van der Waals surface area contributed by atoms with Gasteiger partial charge in [0.15, 0.2) is 0 Å². The lowest BCUT2D eigenvalue weighted by Crippen LogP contribution is -2.14. The molecule has 0 aliphatic heterocycles.